The largest absolute Gasteiger partial charge is 0.340 e. The Hall–Kier alpha value is -0.430. The van der Waals surface area contributed by atoms with Crippen molar-refractivity contribution >= 4 is 26.0 Å². The molecule has 0 saturated carbocycles. The van der Waals surface area contributed by atoms with Crippen molar-refractivity contribution in [2.24, 2.45) is 0 Å². The summed E-state index contributed by atoms with van der Waals surface area (Å²) < 4.78 is 27.1. The minimum atomic E-state index is -3.40. The molecular weight excluding hydrogens is 304 g/mol. The summed E-state index contributed by atoms with van der Waals surface area (Å²) >= 11 is 3.24. The molecule has 0 aromatic heterocycles. The number of sulfonamides is 1. The van der Waals surface area contributed by atoms with Crippen LogP contribution in [0.3, 0.4) is 0 Å². The Kier molecular flexibility index (Phi) is 5.58. The van der Waals surface area contributed by atoms with E-state index in [-0.39, 0.29) is 4.90 Å². The van der Waals surface area contributed by atoms with Crippen LogP contribution in [-0.2, 0) is 10.0 Å². The molecule has 96 valence electrons. The van der Waals surface area contributed by atoms with Gasteiger partial charge in [0.2, 0.25) is 10.0 Å². The molecule has 17 heavy (non-hydrogen) atoms. The Morgan fingerprint density at radius 3 is 2.53 bits per heavy atom. The number of hydrogen-bond acceptors (Lipinski definition) is 2. The first-order chi connectivity index (χ1) is 7.93. The molecule has 1 rings (SSSR count). The summed E-state index contributed by atoms with van der Waals surface area (Å²) in [5.74, 6) is 0. The second-order valence-corrected chi connectivity index (χ2v) is 6.73. The van der Waals surface area contributed by atoms with Crippen molar-refractivity contribution in [3.8, 4) is 0 Å². The number of nitrogens with one attached hydrogen (secondary N) is 2. The fourth-order valence-corrected chi connectivity index (χ4v) is 3.46. The van der Waals surface area contributed by atoms with Gasteiger partial charge in [-0.15, -0.1) is 0 Å². The van der Waals surface area contributed by atoms with Crippen LogP contribution in [0.15, 0.2) is 33.6 Å². The quantitative estimate of drug-likeness (QED) is 0.739. The summed E-state index contributed by atoms with van der Waals surface area (Å²) in [7, 11) is 0.693. The monoisotopic (exact) mass is 321 g/mol. The first kappa shape index (κ1) is 14.6. The highest BCUT2D eigenvalue weighted by Gasteiger charge is 2.16. The lowest BCUT2D eigenvalue weighted by Crippen LogP contribution is -3.05. The van der Waals surface area contributed by atoms with Crippen LogP contribution in [0.4, 0.5) is 0 Å². The molecule has 0 unspecified atom stereocenters. The van der Waals surface area contributed by atoms with Crippen molar-refractivity contribution in [2.75, 3.05) is 27.2 Å². The molecule has 0 spiro atoms. The Bertz CT molecular complexity index is 460. The lowest BCUT2D eigenvalue weighted by Gasteiger charge is -2.09. The van der Waals surface area contributed by atoms with E-state index in [0.29, 0.717) is 11.0 Å². The van der Waals surface area contributed by atoms with E-state index in [1.54, 1.807) is 24.3 Å². The topological polar surface area (TPSA) is 50.6 Å². The zero-order valence-corrected chi connectivity index (χ0v) is 12.4. The minimum absolute atomic E-state index is 0.289. The van der Waals surface area contributed by atoms with Gasteiger partial charge < -0.3 is 4.90 Å². The van der Waals surface area contributed by atoms with Crippen LogP contribution in [0.25, 0.3) is 0 Å². The average Bonchev–Trinajstić information content (AvgIpc) is 2.24. The highest BCUT2D eigenvalue weighted by molar-refractivity contribution is 9.10. The van der Waals surface area contributed by atoms with Crippen LogP contribution in [0.5, 0.6) is 0 Å². The van der Waals surface area contributed by atoms with Crippen LogP contribution in [-0.4, -0.2) is 35.6 Å². The van der Waals surface area contributed by atoms with E-state index < -0.39 is 10.0 Å². The molecule has 0 amide bonds. The second kappa shape index (κ2) is 6.49. The standard InChI is InChI=1S/C11H17BrN2O2S/c1-14(2)9-5-8-13-17(15,16)11-7-4-3-6-10(11)12/h3-4,6-7,13H,5,8-9H2,1-2H3/p+1. The zero-order chi connectivity index (χ0) is 12.9. The number of benzene rings is 1. The fraction of sp³-hybridized carbons (Fsp3) is 0.455. The minimum Gasteiger partial charge on any atom is -0.340 e. The van der Waals surface area contributed by atoms with E-state index in [2.05, 4.69) is 20.7 Å². The Morgan fingerprint density at radius 2 is 1.94 bits per heavy atom. The van der Waals surface area contributed by atoms with E-state index in [1.807, 2.05) is 14.1 Å². The summed E-state index contributed by atoms with van der Waals surface area (Å²) in [6.45, 7) is 1.41. The molecule has 0 fully saturated rings. The highest BCUT2D eigenvalue weighted by Crippen LogP contribution is 2.20. The van der Waals surface area contributed by atoms with Gasteiger partial charge in [0, 0.05) is 17.4 Å². The first-order valence-corrected chi connectivity index (χ1v) is 7.74. The number of hydrogen-bond donors (Lipinski definition) is 2. The summed E-state index contributed by atoms with van der Waals surface area (Å²) in [4.78, 5) is 1.60. The van der Waals surface area contributed by atoms with Crippen LogP contribution < -0.4 is 9.62 Å². The van der Waals surface area contributed by atoms with Crippen molar-refractivity contribution in [1.82, 2.24) is 4.72 Å². The fourth-order valence-electron chi connectivity index (χ4n) is 1.39. The van der Waals surface area contributed by atoms with Crippen LogP contribution in [0.1, 0.15) is 6.42 Å². The molecule has 0 aliphatic rings. The Morgan fingerprint density at radius 1 is 1.29 bits per heavy atom. The molecule has 0 atom stereocenters. The van der Waals surface area contributed by atoms with Gasteiger partial charge in [0.05, 0.1) is 25.5 Å². The lowest BCUT2D eigenvalue weighted by molar-refractivity contribution is -0.858. The van der Waals surface area contributed by atoms with Crippen molar-refractivity contribution in [3.05, 3.63) is 28.7 Å². The van der Waals surface area contributed by atoms with E-state index in [0.717, 1.165) is 13.0 Å². The molecule has 1 aromatic rings. The zero-order valence-electron chi connectivity index (χ0n) is 10.0. The van der Waals surface area contributed by atoms with E-state index in [9.17, 15) is 8.42 Å². The second-order valence-electron chi connectivity index (χ2n) is 4.14. The van der Waals surface area contributed by atoms with Crippen LogP contribution in [0, 0.1) is 0 Å². The van der Waals surface area contributed by atoms with Gasteiger partial charge in [-0.2, -0.15) is 0 Å². The molecule has 6 heteroatoms. The third kappa shape index (κ3) is 4.75. The molecule has 0 aliphatic carbocycles. The summed E-state index contributed by atoms with van der Waals surface area (Å²) in [6.07, 6.45) is 0.825. The number of halogens is 1. The molecule has 1 aromatic carbocycles. The predicted molar refractivity (Wildman–Crippen MR) is 71.6 cm³/mol. The third-order valence-electron chi connectivity index (χ3n) is 2.27. The Balaban J connectivity index is 2.61. The third-order valence-corrected chi connectivity index (χ3v) is 4.74. The smallest absolute Gasteiger partial charge is 0.241 e. The van der Waals surface area contributed by atoms with Gasteiger partial charge in [0.1, 0.15) is 0 Å². The predicted octanol–water partition coefficient (Wildman–Crippen LogP) is 0.262. The number of quaternary nitrogens is 1. The van der Waals surface area contributed by atoms with Crippen LogP contribution >= 0.6 is 15.9 Å². The first-order valence-electron chi connectivity index (χ1n) is 5.47. The molecule has 0 bridgehead atoms. The lowest BCUT2D eigenvalue weighted by atomic mass is 10.4. The summed E-state index contributed by atoms with van der Waals surface area (Å²) in [6, 6.07) is 6.81. The molecule has 4 nitrogen and oxygen atoms in total. The SMILES string of the molecule is C[NH+](C)CCCNS(=O)(=O)c1ccccc1Br. The van der Waals surface area contributed by atoms with Gasteiger partial charge in [-0.25, -0.2) is 13.1 Å². The van der Waals surface area contributed by atoms with Crippen molar-refractivity contribution < 1.29 is 13.3 Å². The molecule has 0 heterocycles. The van der Waals surface area contributed by atoms with Gasteiger partial charge in [-0.3, -0.25) is 0 Å². The summed E-state index contributed by atoms with van der Waals surface area (Å²) in [5, 5.41) is 0. The highest BCUT2D eigenvalue weighted by atomic mass is 79.9. The maximum atomic E-state index is 11.9. The van der Waals surface area contributed by atoms with Gasteiger partial charge in [0.25, 0.3) is 0 Å². The van der Waals surface area contributed by atoms with Crippen molar-refractivity contribution in [1.29, 1.82) is 0 Å². The van der Waals surface area contributed by atoms with Gasteiger partial charge in [0.15, 0.2) is 0 Å². The van der Waals surface area contributed by atoms with E-state index >= 15 is 0 Å². The normalized spacial score (nSPS) is 12.0. The van der Waals surface area contributed by atoms with Gasteiger partial charge >= 0.3 is 0 Å². The maximum Gasteiger partial charge on any atom is 0.241 e. The molecular formula is C11H18BrN2O2S+. The Labute approximate surface area is 111 Å². The van der Waals surface area contributed by atoms with Crippen LogP contribution in [0.2, 0.25) is 0 Å². The molecule has 0 radical (unpaired) electrons. The van der Waals surface area contributed by atoms with E-state index in [1.165, 1.54) is 4.90 Å². The van der Waals surface area contributed by atoms with Gasteiger partial charge in [-0.05, 0) is 28.1 Å². The van der Waals surface area contributed by atoms with Gasteiger partial charge in [-0.1, -0.05) is 12.1 Å². The molecule has 2 N–H and O–H groups in total. The number of rotatable bonds is 6. The summed E-state index contributed by atoms with van der Waals surface area (Å²) in [5.41, 5.74) is 0. The maximum absolute atomic E-state index is 11.9. The molecule has 0 saturated heterocycles. The average molecular weight is 322 g/mol. The van der Waals surface area contributed by atoms with Crippen molar-refractivity contribution in [3.63, 3.8) is 0 Å². The van der Waals surface area contributed by atoms with Crippen molar-refractivity contribution in [2.45, 2.75) is 11.3 Å². The molecule has 0 aliphatic heterocycles. The van der Waals surface area contributed by atoms with E-state index in [4.69, 9.17) is 0 Å².